The van der Waals surface area contributed by atoms with Crippen molar-refractivity contribution in [3.05, 3.63) is 29.8 Å². The monoisotopic (exact) mass is 260 g/mol. The minimum absolute atomic E-state index is 0.0966. The van der Waals surface area contributed by atoms with Crippen LogP contribution in [0.2, 0.25) is 0 Å². The molecule has 0 saturated heterocycles. The summed E-state index contributed by atoms with van der Waals surface area (Å²) in [6.07, 6.45) is 0.165. The second-order valence-electron chi connectivity index (χ2n) is 4.50. The lowest BCUT2D eigenvalue weighted by molar-refractivity contribution is -0.124. The highest BCUT2D eigenvalue weighted by Crippen LogP contribution is 2.35. The van der Waals surface area contributed by atoms with Gasteiger partial charge in [0.15, 0.2) is 6.10 Å². The van der Waals surface area contributed by atoms with Crippen LogP contribution in [0.15, 0.2) is 29.4 Å². The molecule has 1 atom stereocenters. The molecule has 0 aliphatic carbocycles. The summed E-state index contributed by atoms with van der Waals surface area (Å²) in [7, 11) is 0. The van der Waals surface area contributed by atoms with Crippen LogP contribution in [0, 0.1) is 0 Å². The quantitative estimate of drug-likeness (QED) is 0.764. The van der Waals surface area contributed by atoms with Gasteiger partial charge in [0.05, 0.1) is 5.69 Å². The highest BCUT2D eigenvalue weighted by Gasteiger charge is 2.39. The number of hydrazone groups is 1. The predicted octanol–water partition coefficient (Wildman–Crippen LogP) is 0.356. The molecule has 2 aliphatic heterocycles. The third-order valence-corrected chi connectivity index (χ3v) is 3.27. The van der Waals surface area contributed by atoms with Gasteiger partial charge in [0.2, 0.25) is 11.6 Å². The number of hydrogen-bond acceptors (Lipinski definition) is 6. The summed E-state index contributed by atoms with van der Waals surface area (Å²) < 4.78 is 5.71. The number of anilines is 1. The third-order valence-electron chi connectivity index (χ3n) is 3.27. The van der Waals surface area contributed by atoms with Gasteiger partial charge in [0.25, 0.3) is 0 Å². The maximum absolute atomic E-state index is 12.4. The van der Waals surface area contributed by atoms with Crippen molar-refractivity contribution in [3.63, 3.8) is 0 Å². The summed E-state index contributed by atoms with van der Waals surface area (Å²) in [5.74, 6) is 0.331. The molecule has 100 valence electrons. The number of ketones is 1. The molecular weight excluding hydrogens is 244 g/mol. The van der Waals surface area contributed by atoms with Crippen molar-refractivity contribution in [3.8, 4) is 0 Å². The van der Waals surface area contributed by atoms with Gasteiger partial charge in [0, 0.05) is 12.2 Å². The standard InChI is InChI=1S/C13H16N4O2/c14-6-3-7-19-12-9-4-1-2-5-10(9)17-8-15-16-13(17)11(12)18/h1-2,4-5,12,15H,3,6-8,14H2. The van der Waals surface area contributed by atoms with Gasteiger partial charge in [-0.25, -0.2) is 0 Å². The molecule has 0 fully saturated rings. The van der Waals surface area contributed by atoms with Crippen LogP contribution in [0.5, 0.6) is 0 Å². The molecule has 0 bridgehead atoms. The Bertz CT molecular complexity index is 529. The van der Waals surface area contributed by atoms with Crippen molar-refractivity contribution in [1.29, 1.82) is 0 Å². The molecule has 2 aliphatic rings. The number of nitrogens with two attached hydrogens (primary N) is 1. The Morgan fingerprint density at radius 1 is 1.47 bits per heavy atom. The summed E-state index contributed by atoms with van der Waals surface area (Å²) in [6, 6.07) is 7.76. The lowest BCUT2D eigenvalue weighted by Crippen LogP contribution is -2.42. The molecule has 0 amide bonds. The molecule has 0 aromatic heterocycles. The fourth-order valence-corrected chi connectivity index (χ4v) is 2.37. The smallest absolute Gasteiger partial charge is 0.233 e. The normalized spacial score (nSPS) is 20.7. The van der Waals surface area contributed by atoms with Crippen molar-refractivity contribution in [2.45, 2.75) is 12.5 Å². The van der Waals surface area contributed by atoms with Crippen LogP contribution < -0.4 is 16.1 Å². The summed E-state index contributed by atoms with van der Waals surface area (Å²) in [5, 5.41) is 4.05. The Labute approximate surface area is 111 Å². The van der Waals surface area contributed by atoms with Crippen LogP contribution in [0.3, 0.4) is 0 Å². The van der Waals surface area contributed by atoms with Crippen LogP contribution in [0.4, 0.5) is 5.69 Å². The van der Waals surface area contributed by atoms with Gasteiger partial charge in [-0.3, -0.25) is 10.2 Å². The fraction of sp³-hybridized carbons (Fsp3) is 0.385. The highest BCUT2D eigenvalue weighted by molar-refractivity contribution is 6.47. The fourth-order valence-electron chi connectivity index (χ4n) is 2.37. The zero-order chi connectivity index (χ0) is 13.2. The molecule has 19 heavy (non-hydrogen) atoms. The van der Waals surface area contributed by atoms with Crippen molar-refractivity contribution in [2.24, 2.45) is 10.8 Å². The average molecular weight is 260 g/mol. The Kier molecular flexibility index (Phi) is 3.18. The third kappa shape index (κ3) is 1.98. The maximum atomic E-state index is 12.4. The largest absolute Gasteiger partial charge is 0.365 e. The number of rotatable bonds is 4. The summed E-state index contributed by atoms with van der Waals surface area (Å²) >= 11 is 0. The van der Waals surface area contributed by atoms with Crippen molar-refractivity contribution in [2.75, 3.05) is 24.7 Å². The molecule has 6 nitrogen and oxygen atoms in total. The number of carbonyl (C=O) groups is 1. The minimum Gasteiger partial charge on any atom is -0.365 e. The average Bonchev–Trinajstić information content (AvgIpc) is 2.92. The maximum Gasteiger partial charge on any atom is 0.233 e. The zero-order valence-corrected chi connectivity index (χ0v) is 10.5. The van der Waals surface area contributed by atoms with Crippen molar-refractivity contribution >= 4 is 17.3 Å². The number of nitrogens with zero attached hydrogens (tertiary/aromatic N) is 2. The van der Waals surface area contributed by atoms with Crippen LogP contribution in [0.1, 0.15) is 18.1 Å². The number of ether oxygens (including phenoxy) is 1. The molecule has 0 spiro atoms. The first-order chi connectivity index (χ1) is 9.33. The summed E-state index contributed by atoms with van der Waals surface area (Å²) in [4.78, 5) is 14.3. The molecule has 3 rings (SSSR count). The lowest BCUT2D eigenvalue weighted by atomic mass is 9.97. The molecular formula is C13H16N4O2. The first-order valence-corrected chi connectivity index (χ1v) is 6.36. The van der Waals surface area contributed by atoms with Gasteiger partial charge in [-0.05, 0) is 19.0 Å². The minimum atomic E-state index is -0.572. The van der Waals surface area contributed by atoms with E-state index in [1.165, 1.54) is 0 Å². The van der Waals surface area contributed by atoms with E-state index in [9.17, 15) is 4.79 Å². The molecule has 0 saturated carbocycles. The Hall–Kier alpha value is -1.92. The lowest BCUT2D eigenvalue weighted by Gasteiger charge is -2.31. The second-order valence-corrected chi connectivity index (χ2v) is 4.50. The van der Waals surface area contributed by atoms with E-state index in [1.807, 2.05) is 29.2 Å². The first-order valence-electron chi connectivity index (χ1n) is 6.36. The topological polar surface area (TPSA) is 80.0 Å². The molecule has 1 aromatic carbocycles. The summed E-state index contributed by atoms with van der Waals surface area (Å²) in [5.41, 5.74) is 10.2. The number of Topliss-reactive ketones (excluding diaryl/α,β-unsaturated/α-hetero) is 1. The van der Waals surface area contributed by atoms with Crippen molar-refractivity contribution < 1.29 is 9.53 Å². The Morgan fingerprint density at radius 3 is 3.16 bits per heavy atom. The second kappa shape index (κ2) is 4.99. The van der Waals surface area contributed by atoms with Gasteiger partial charge in [-0.1, -0.05) is 18.2 Å². The number of nitrogens with one attached hydrogen (secondary N) is 1. The SMILES string of the molecule is NCCCOC1C(=O)C2=NNCN2c2ccccc21. The van der Waals surface area contributed by atoms with E-state index >= 15 is 0 Å². The molecule has 0 radical (unpaired) electrons. The molecule has 1 aromatic rings. The predicted molar refractivity (Wildman–Crippen MR) is 71.7 cm³/mol. The Balaban J connectivity index is 1.94. The van der Waals surface area contributed by atoms with Crippen molar-refractivity contribution in [1.82, 2.24) is 5.43 Å². The number of amidine groups is 1. The van der Waals surface area contributed by atoms with E-state index in [-0.39, 0.29) is 5.78 Å². The number of benzene rings is 1. The van der Waals surface area contributed by atoms with Crippen LogP contribution in [-0.4, -0.2) is 31.4 Å². The van der Waals surface area contributed by atoms with Gasteiger partial charge in [-0.2, -0.15) is 5.10 Å². The van der Waals surface area contributed by atoms with Gasteiger partial charge in [0.1, 0.15) is 6.67 Å². The van der Waals surface area contributed by atoms with Gasteiger partial charge < -0.3 is 15.4 Å². The van der Waals surface area contributed by atoms with E-state index in [2.05, 4.69) is 10.5 Å². The molecule has 2 heterocycles. The number of para-hydroxylation sites is 1. The van der Waals surface area contributed by atoms with E-state index in [0.717, 1.165) is 17.7 Å². The van der Waals surface area contributed by atoms with E-state index in [4.69, 9.17) is 10.5 Å². The number of carbonyl (C=O) groups excluding carboxylic acids is 1. The van der Waals surface area contributed by atoms with E-state index in [0.29, 0.717) is 25.7 Å². The molecule has 1 unspecified atom stereocenters. The molecule has 3 N–H and O–H groups in total. The van der Waals surface area contributed by atoms with Crippen LogP contribution >= 0.6 is 0 Å². The van der Waals surface area contributed by atoms with E-state index < -0.39 is 6.10 Å². The van der Waals surface area contributed by atoms with Gasteiger partial charge in [-0.15, -0.1) is 0 Å². The number of hydrogen-bond donors (Lipinski definition) is 2. The zero-order valence-electron chi connectivity index (χ0n) is 10.5. The first kappa shape index (κ1) is 12.1. The molecule has 6 heteroatoms. The van der Waals surface area contributed by atoms with Crippen LogP contribution in [-0.2, 0) is 9.53 Å². The summed E-state index contributed by atoms with van der Waals surface area (Å²) in [6.45, 7) is 1.55. The Morgan fingerprint density at radius 2 is 2.32 bits per heavy atom. The van der Waals surface area contributed by atoms with Crippen LogP contribution in [0.25, 0.3) is 0 Å². The van der Waals surface area contributed by atoms with Gasteiger partial charge >= 0.3 is 0 Å². The number of fused-ring (bicyclic) bond motifs is 3. The highest BCUT2D eigenvalue weighted by atomic mass is 16.5. The van der Waals surface area contributed by atoms with E-state index in [1.54, 1.807) is 0 Å².